The Labute approximate surface area is 168 Å². The van der Waals surface area contributed by atoms with Gasteiger partial charge in [-0.3, -0.25) is 4.79 Å². The molecule has 7 heteroatoms. The number of aryl methyl sites for hydroxylation is 1. The van der Waals surface area contributed by atoms with Crippen LogP contribution < -0.4 is 0 Å². The molecule has 0 saturated heterocycles. The largest absolute Gasteiger partial charge is 0.340 e. The normalized spacial score (nSPS) is 12.0. The van der Waals surface area contributed by atoms with Crippen LogP contribution in [0.4, 0.5) is 4.39 Å². The van der Waals surface area contributed by atoms with Crippen molar-refractivity contribution in [2.24, 2.45) is 0 Å². The molecule has 0 fully saturated rings. The van der Waals surface area contributed by atoms with Crippen molar-refractivity contribution in [2.75, 3.05) is 7.05 Å². The first-order valence-electron chi connectivity index (χ1n) is 9.04. The third-order valence-electron chi connectivity index (χ3n) is 4.40. The summed E-state index contributed by atoms with van der Waals surface area (Å²) in [4.78, 5) is 14.4. The first-order chi connectivity index (χ1) is 13.4. The minimum absolute atomic E-state index is 0.0406. The van der Waals surface area contributed by atoms with E-state index in [1.807, 2.05) is 42.7 Å². The van der Waals surface area contributed by atoms with Crippen molar-refractivity contribution in [3.05, 3.63) is 77.4 Å². The zero-order valence-corrected chi connectivity index (χ0v) is 17.0. The van der Waals surface area contributed by atoms with Gasteiger partial charge >= 0.3 is 0 Å². The van der Waals surface area contributed by atoms with Gasteiger partial charge in [0.1, 0.15) is 11.6 Å². The number of rotatable bonds is 7. The lowest BCUT2D eigenvalue weighted by Crippen LogP contribution is -2.33. The van der Waals surface area contributed by atoms with Crippen LogP contribution in [0.15, 0.2) is 59.8 Å². The van der Waals surface area contributed by atoms with Gasteiger partial charge in [-0.15, -0.1) is 10.2 Å². The molecule has 0 aliphatic rings. The van der Waals surface area contributed by atoms with Gasteiger partial charge in [0.25, 0.3) is 0 Å². The minimum Gasteiger partial charge on any atom is -0.340 e. The van der Waals surface area contributed by atoms with Gasteiger partial charge in [-0.1, -0.05) is 54.2 Å². The van der Waals surface area contributed by atoms with Crippen LogP contribution in [0.3, 0.4) is 0 Å². The Bertz CT molecular complexity index is 945. The average Bonchev–Trinajstić information content (AvgIpc) is 3.01. The van der Waals surface area contributed by atoms with Gasteiger partial charge in [-0.05, 0) is 37.1 Å². The fourth-order valence-corrected chi connectivity index (χ4v) is 3.91. The van der Waals surface area contributed by atoms with Gasteiger partial charge in [0.05, 0.1) is 11.8 Å². The van der Waals surface area contributed by atoms with Crippen LogP contribution in [0.25, 0.3) is 0 Å². The van der Waals surface area contributed by atoms with Crippen molar-refractivity contribution in [1.29, 1.82) is 0 Å². The summed E-state index contributed by atoms with van der Waals surface area (Å²) in [6.07, 6.45) is 0. The van der Waals surface area contributed by atoms with Gasteiger partial charge in [0, 0.05) is 13.6 Å². The van der Waals surface area contributed by atoms with E-state index < -0.39 is 0 Å². The van der Waals surface area contributed by atoms with Crippen LogP contribution in [0.1, 0.15) is 23.9 Å². The van der Waals surface area contributed by atoms with Gasteiger partial charge in [0.2, 0.25) is 5.91 Å². The van der Waals surface area contributed by atoms with E-state index in [4.69, 9.17) is 0 Å². The van der Waals surface area contributed by atoms with E-state index in [1.54, 1.807) is 18.0 Å². The standard InChI is InChI=1S/C21H23FN4OS/c1-15(20(27)25(3)13-18-10-7-11-19(22)12-18)28-21-24-23-16(2)26(21)14-17-8-5-4-6-9-17/h4-12,15H,13-14H2,1-3H3. The van der Waals surface area contributed by atoms with Gasteiger partial charge < -0.3 is 9.47 Å². The summed E-state index contributed by atoms with van der Waals surface area (Å²) >= 11 is 1.38. The second kappa shape index (κ2) is 9.01. The van der Waals surface area contributed by atoms with Crippen molar-refractivity contribution >= 4 is 17.7 Å². The second-order valence-electron chi connectivity index (χ2n) is 6.69. The van der Waals surface area contributed by atoms with Gasteiger partial charge in [0.15, 0.2) is 5.16 Å². The number of nitrogens with zero attached hydrogens (tertiary/aromatic N) is 4. The van der Waals surface area contributed by atoms with Crippen LogP contribution in [-0.4, -0.2) is 37.9 Å². The quantitative estimate of drug-likeness (QED) is 0.566. The molecule has 1 unspecified atom stereocenters. The van der Waals surface area contributed by atoms with E-state index in [2.05, 4.69) is 22.3 Å². The summed E-state index contributed by atoms with van der Waals surface area (Å²) in [6.45, 7) is 4.77. The summed E-state index contributed by atoms with van der Waals surface area (Å²) in [5.41, 5.74) is 1.91. The topological polar surface area (TPSA) is 51.0 Å². The number of thioether (sulfide) groups is 1. The number of carbonyl (C=O) groups excluding carboxylic acids is 1. The maximum Gasteiger partial charge on any atom is 0.235 e. The molecule has 2 aromatic carbocycles. The number of carbonyl (C=O) groups is 1. The highest BCUT2D eigenvalue weighted by Crippen LogP contribution is 2.24. The van der Waals surface area contributed by atoms with Gasteiger partial charge in [-0.2, -0.15) is 0 Å². The maximum atomic E-state index is 13.4. The summed E-state index contributed by atoms with van der Waals surface area (Å²) in [7, 11) is 1.73. The Hall–Kier alpha value is -2.67. The Balaban J connectivity index is 1.67. The highest BCUT2D eigenvalue weighted by molar-refractivity contribution is 8.00. The van der Waals surface area contributed by atoms with Gasteiger partial charge in [-0.25, -0.2) is 4.39 Å². The lowest BCUT2D eigenvalue weighted by Gasteiger charge is -2.21. The maximum absolute atomic E-state index is 13.4. The van der Waals surface area contributed by atoms with Crippen molar-refractivity contribution < 1.29 is 9.18 Å². The molecule has 28 heavy (non-hydrogen) atoms. The molecule has 1 amide bonds. The minimum atomic E-state index is -0.336. The molecule has 1 aromatic heterocycles. The Morgan fingerprint density at radius 1 is 1.14 bits per heavy atom. The molecular formula is C21H23FN4OS. The van der Waals surface area contributed by atoms with Crippen LogP contribution >= 0.6 is 11.8 Å². The van der Waals surface area contributed by atoms with E-state index >= 15 is 0 Å². The third-order valence-corrected chi connectivity index (χ3v) is 5.47. The molecule has 0 spiro atoms. The highest BCUT2D eigenvalue weighted by Gasteiger charge is 2.22. The molecule has 146 valence electrons. The van der Waals surface area contributed by atoms with Crippen LogP contribution in [-0.2, 0) is 17.9 Å². The van der Waals surface area contributed by atoms with Crippen molar-refractivity contribution in [3.63, 3.8) is 0 Å². The van der Waals surface area contributed by atoms with E-state index in [1.165, 1.54) is 23.9 Å². The summed E-state index contributed by atoms with van der Waals surface area (Å²) in [5.74, 6) is 0.463. The molecular weight excluding hydrogens is 375 g/mol. The monoisotopic (exact) mass is 398 g/mol. The summed E-state index contributed by atoms with van der Waals surface area (Å²) in [6, 6.07) is 16.4. The molecule has 1 heterocycles. The summed E-state index contributed by atoms with van der Waals surface area (Å²) in [5, 5.41) is 8.79. The predicted octanol–water partition coefficient (Wildman–Crippen LogP) is 3.91. The number of benzene rings is 2. The van der Waals surface area contributed by atoms with Crippen LogP contribution in [0, 0.1) is 12.7 Å². The first kappa shape index (κ1) is 20.1. The van der Waals surface area contributed by atoms with Crippen LogP contribution in [0.2, 0.25) is 0 Å². The molecule has 0 saturated carbocycles. The Morgan fingerprint density at radius 2 is 1.86 bits per heavy atom. The number of aromatic nitrogens is 3. The molecule has 3 rings (SSSR count). The summed E-state index contributed by atoms with van der Waals surface area (Å²) < 4.78 is 15.4. The lowest BCUT2D eigenvalue weighted by atomic mass is 10.2. The third kappa shape index (κ3) is 4.98. The molecule has 1 atom stereocenters. The zero-order valence-electron chi connectivity index (χ0n) is 16.2. The molecule has 3 aromatic rings. The lowest BCUT2D eigenvalue weighted by molar-refractivity contribution is -0.129. The fourth-order valence-electron chi connectivity index (χ4n) is 2.90. The molecule has 0 bridgehead atoms. The Kier molecular flexibility index (Phi) is 6.46. The second-order valence-corrected chi connectivity index (χ2v) is 7.99. The van der Waals surface area contributed by atoms with Crippen molar-refractivity contribution in [3.8, 4) is 0 Å². The van der Waals surface area contributed by atoms with Crippen LogP contribution in [0.5, 0.6) is 0 Å². The molecule has 0 aliphatic heterocycles. The number of amides is 1. The SMILES string of the molecule is Cc1nnc(SC(C)C(=O)N(C)Cc2cccc(F)c2)n1Cc1ccccc1. The average molecular weight is 399 g/mol. The van der Waals surface area contributed by atoms with Crippen molar-refractivity contribution in [1.82, 2.24) is 19.7 Å². The van der Waals surface area contributed by atoms with Crippen molar-refractivity contribution in [2.45, 2.75) is 37.3 Å². The van der Waals surface area contributed by atoms with E-state index in [0.29, 0.717) is 18.2 Å². The smallest absolute Gasteiger partial charge is 0.235 e. The van der Waals surface area contributed by atoms with E-state index in [9.17, 15) is 9.18 Å². The highest BCUT2D eigenvalue weighted by atomic mass is 32.2. The zero-order chi connectivity index (χ0) is 20.1. The number of hydrogen-bond donors (Lipinski definition) is 0. The predicted molar refractivity (Wildman–Crippen MR) is 108 cm³/mol. The Morgan fingerprint density at radius 3 is 2.57 bits per heavy atom. The van der Waals surface area contributed by atoms with E-state index in [0.717, 1.165) is 17.0 Å². The number of hydrogen-bond acceptors (Lipinski definition) is 4. The molecule has 0 N–H and O–H groups in total. The molecule has 0 radical (unpaired) electrons. The fraction of sp³-hybridized carbons (Fsp3) is 0.286. The molecule has 0 aliphatic carbocycles. The molecule has 5 nitrogen and oxygen atoms in total. The first-order valence-corrected chi connectivity index (χ1v) is 9.92. The van der Waals surface area contributed by atoms with E-state index in [-0.39, 0.29) is 17.0 Å². The number of halogens is 1.